The minimum atomic E-state index is -0.0313. The van der Waals surface area contributed by atoms with Gasteiger partial charge < -0.3 is 5.73 Å². The van der Waals surface area contributed by atoms with Crippen molar-refractivity contribution in [3.8, 4) is 0 Å². The van der Waals surface area contributed by atoms with Crippen LogP contribution in [0.2, 0.25) is 0 Å². The van der Waals surface area contributed by atoms with Gasteiger partial charge in [0.05, 0.1) is 11.8 Å². The molecule has 1 amide bonds. The van der Waals surface area contributed by atoms with Crippen LogP contribution in [0, 0.1) is 6.92 Å². The number of carbonyl (C=O) groups is 1. The SMILES string of the molecule is CCC(=O)N1N=C(c2ccc(N)cc2)CC1c1ccccc1C. The van der Waals surface area contributed by atoms with Crippen molar-refractivity contribution in [1.29, 1.82) is 0 Å². The number of hydrogen-bond donors (Lipinski definition) is 1. The fourth-order valence-corrected chi connectivity index (χ4v) is 2.96. The smallest absolute Gasteiger partial charge is 0.242 e. The quantitative estimate of drug-likeness (QED) is 0.880. The zero-order valence-corrected chi connectivity index (χ0v) is 13.5. The number of benzene rings is 2. The Bertz CT molecular complexity index is 749. The maximum Gasteiger partial charge on any atom is 0.242 e. The van der Waals surface area contributed by atoms with E-state index >= 15 is 0 Å². The normalized spacial score (nSPS) is 17.2. The zero-order valence-electron chi connectivity index (χ0n) is 13.5. The van der Waals surface area contributed by atoms with Gasteiger partial charge in [0.15, 0.2) is 0 Å². The molecule has 0 radical (unpaired) electrons. The summed E-state index contributed by atoms with van der Waals surface area (Å²) in [6.07, 6.45) is 1.17. The molecule has 1 heterocycles. The van der Waals surface area contributed by atoms with Gasteiger partial charge in [0.25, 0.3) is 0 Å². The molecule has 0 saturated heterocycles. The topological polar surface area (TPSA) is 58.7 Å². The number of nitrogen functional groups attached to an aromatic ring is 1. The molecule has 1 unspecified atom stereocenters. The third kappa shape index (κ3) is 2.97. The third-order valence-electron chi connectivity index (χ3n) is 4.26. The Labute approximate surface area is 136 Å². The van der Waals surface area contributed by atoms with Gasteiger partial charge in [0.2, 0.25) is 5.91 Å². The van der Waals surface area contributed by atoms with Gasteiger partial charge in [-0.05, 0) is 35.7 Å². The lowest BCUT2D eigenvalue weighted by atomic mass is 9.95. The van der Waals surface area contributed by atoms with E-state index in [0.29, 0.717) is 6.42 Å². The number of carbonyl (C=O) groups excluding carboxylic acids is 1. The van der Waals surface area contributed by atoms with Crippen molar-refractivity contribution in [2.75, 3.05) is 5.73 Å². The average molecular weight is 307 g/mol. The van der Waals surface area contributed by atoms with E-state index in [1.165, 1.54) is 5.56 Å². The Morgan fingerprint density at radius 2 is 1.91 bits per heavy atom. The number of hydrogen-bond acceptors (Lipinski definition) is 3. The molecular weight excluding hydrogens is 286 g/mol. The Morgan fingerprint density at radius 3 is 2.57 bits per heavy atom. The summed E-state index contributed by atoms with van der Waals surface area (Å²) < 4.78 is 0. The van der Waals surface area contributed by atoms with E-state index in [4.69, 9.17) is 5.73 Å². The first-order chi connectivity index (χ1) is 11.1. The molecule has 1 aliphatic heterocycles. The van der Waals surface area contributed by atoms with Crippen molar-refractivity contribution in [2.45, 2.75) is 32.7 Å². The van der Waals surface area contributed by atoms with Crippen LogP contribution in [-0.2, 0) is 4.79 Å². The minimum Gasteiger partial charge on any atom is -0.399 e. The van der Waals surface area contributed by atoms with Crippen LogP contribution < -0.4 is 5.73 Å². The molecule has 3 rings (SSSR count). The van der Waals surface area contributed by atoms with Gasteiger partial charge in [0, 0.05) is 18.5 Å². The van der Waals surface area contributed by atoms with Gasteiger partial charge >= 0.3 is 0 Å². The molecule has 2 aromatic rings. The molecule has 0 bridgehead atoms. The highest BCUT2D eigenvalue weighted by molar-refractivity contribution is 6.03. The molecule has 0 aromatic heterocycles. The third-order valence-corrected chi connectivity index (χ3v) is 4.26. The molecule has 2 aromatic carbocycles. The Balaban J connectivity index is 1.97. The lowest BCUT2D eigenvalue weighted by Gasteiger charge is -2.23. The first-order valence-corrected chi connectivity index (χ1v) is 7.91. The van der Waals surface area contributed by atoms with Crippen LogP contribution >= 0.6 is 0 Å². The van der Waals surface area contributed by atoms with E-state index in [0.717, 1.165) is 28.9 Å². The molecule has 4 nitrogen and oxygen atoms in total. The van der Waals surface area contributed by atoms with Gasteiger partial charge in [-0.15, -0.1) is 0 Å². The molecule has 1 aliphatic rings. The van der Waals surface area contributed by atoms with Crippen LogP contribution in [0.25, 0.3) is 0 Å². The largest absolute Gasteiger partial charge is 0.399 e. The van der Waals surface area contributed by atoms with Crippen LogP contribution in [0.3, 0.4) is 0 Å². The van der Waals surface area contributed by atoms with Crippen LogP contribution in [0.5, 0.6) is 0 Å². The van der Waals surface area contributed by atoms with E-state index in [1.54, 1.807) is 5.01 Å². The summed E-state index contributed by atoms with van der Waals surface area (Å²) in [5.41, 5.74) is 10.8. The summed E-state index contributed by atoms with van der Waals surface area (Å²) in [5, 5.41) is 6.26. The summed E-state index contributed by atoms with van der Waals surface area (Å²) >= 11 is 0. The van der Waals surface area contributed by atoms with Gasteiger partial charge in [-0.1, -0.05) is 43.3 Å². The number of rotatable bonds is 3. The van der Waals surface area contributed by atoms with E-state index < -0.39 is 0 Å². The van der Waals surface area contributed by atoms with Crippen molar-refractivity contribution in [3.05, 3.63) is 65.2 Å². The van der Waals surface area contributed by atoms with Crippen molar-refractivity contribution in [2.24, 2.45) is 5.10 Å². The van der Waals surface area contributed by atoms with E-state index in [2.05, 4.69) is 24.2 Å². The average Bonchev–Trinajstić information content (AvgIpc) is 3.00. The summed E-state index contributed by atoms with van der Waals surface area (Å²) in [4.78, 5) is 12.3. The standard InChI is InChI=1S/C19H21N3O/c1-3-19(23)22-18(16-7-5-4-6-13(16)2)12-17(21-22)14-8-10-15(20)11-9-14/h4-11,18H,3,12,20H2,1-2H3. The summed E-state index contributed by atoms with van der Waals surface area (Å²) in [5.74, 6) is 0.0451. The molecular formula is C19H21N3O. The predicted octanol–water partition coefficient (Wildman–Crippen LogP) is 3.66. The van der Waals surface area contributed by atoms with Crippen molar-refractivity contribution < 1.29 is 4.79 Å². The van der Waals surface area contributed by atoms with E-state index in [-0.39, 0.29) is 11.9 Å². The summed E-state index contributed by atoms with van der Waals surface area (Å²) in [6.45, 7) is 3.94. The van der Waals surface area contributed by atoms with Gasteiger partial charge in [-0.3, -0.25) is 4.79 Å². The summed E-state index contributed by atoms with van der Waals surface area (Å²) in [7, 11) is 0. The molecule has 2 N–H and O–H groups in total. The maximum absolute atomic E-state index is 12.3. The fraction of sp³-hybridized carbons (Fsp3) is 0.263. The fourth-order valence-electron chi connectivity index (χ4n) is 2.96. The Hall–Kier alpha value is -2.62. The number of nitrogens with zero attached hydrogens (tertiary/aromatic N) is 2. The Morgan fingerprint density at radius 1 is 1.22 bits per heavy atom. The number of anilines is 1. The van der Waals surface area contributed by atoms with Crippen LogP contribution in [-0.4, -0.2) is 16.6 Å². The molecule has 4 heteroatoms. The molecule has 0 fully saturated rings. The molecule has 23 heavy (non-hydrogen) atoms. The second-order valence-corrected chi connectivity index (χ2v) is 5.84. The Kier molecular flexibility index (Phi) is 4.15. The van der Waals surface area contributed by atoms with Crippen LogP contribution in [0.1, 0.15) is 42.5 Å². The minimum absolute atomic E-state index is 0.0313. The van der Waals surface area contributed by atoms with E-state index in [9.17, 15) is 4.79 Å². The molecule has 118 valence electrons. The summed E-state index contributed by atoms with van der Waals surface area (Å²) in [6, 6.07) is 15.8. The number of hydrazone groups is 1. The maximum atomic E-state index is 12.3. The van der Waals surface area contributed by atoms with Crippen molar-refractivity contribution in [1.82, 2.24) is 5.01 Å². The molecule has 0 spiro atoms. The number of amides is 1. The monoisotopic (exact) mass is 307 g/mol. The zero-order chi connectivity index (χ0) is 16.4. The highest BCUT2D eigenvalue weighted by Crippen LogP contribution is 2.34. The molecule has 0 aliphatic carbocycles. The second-order valence-electron chi connectivity index (χ2n) is 5.84. The molecule has 0 saturated carbocycles. The lowest BCUT2D eigenvalue weighted by molar-refractivity contribution is -0.132. The lowest BCUT2D eigenvalue weighted by Crippen LogP contribution is -2.26. The molecule has 1 atom stereocenters. The van der Waals surface area contributed by atoms with Crippen LogP contribution in [0.15, 0.2) is 53.6 Å². The highest BCUT2D eigenvalue weighted by Gasteiger charge is 2.32. The van der Waals surface area contributed by atoms with Gasteiger partial charge in [-0.25, -0.2) is 5.01 Å². The van der Waals surface area contributed by atoms with E-state index in [1.807, 2.05) is 43.3 Å². The predicted molar refractivity (Wildman–Crippen MR) is 93.1 cm³/mol. The van der Waals surface area contributed by atoms with Gasteiger partial charge in [-0.2, -0.15) is 5.10 Å². The second kappa shape index (κ2) is 6.24. The number of nitrogens with two attached hydrogens (primary N) is 1. The number of aryl methyl sites for hydroxylation is 1. The first kappa shape index (κ1) is 15.3. The van der Waals surface area contributed by atoms with Crippen molar-refractivity contribution in [3.63, 3.8) is 0 Å². The first-order valence-electron chi connectivity index (χ1n) is 7.91. The van der Waals surface area contributed by atoms with Gasteiger partial charge in [0.1, 0.15) is 0 Å². The van der Waals surface area contributed by atoms with Crippen LogP contribution in [0.4, 0.5) is 5.69 Å². The highest BCUT2D eigenvalue weighted by atomic mass is 16.2. The van der Waals surface area contributed by atoms with Crippen molar-refractivity contribution >= 4 is 17.3 Å².